The van der Waals surface area contributed by atoms with Gasteiger partial charge in [-0.2, -0.15) is 10.2 Å². The third kappa shape index (κ3) is 4.30. The van der Waals surface area contributed by atoms with E-state index in [4.69, 9.17) is 9.47 Å². The zero-order valence-electron chi connectivity index (χ0n) is 16.5. The summed E-state index contributed by atoms with van der Waals surface area (Å²) < 4.78 is 15.1. The summed E-state index contributed by atoms with van der Waals surface area (Å²) in [4.78, 5) is 14.3. The fraction of sp³-hybridized carbons (Fsp3) is 0.350. The molecule has 1 N–H and O–H groups in total. The summed E-state index contributed by atoms with van der Waals surface area (Å²) in [6, 6.07) is 10.9. The van der Waals surface area contributed by atoms with Gasteiger partial charge >= 0.3 is 0 Å². The van der Waals surface area contributed by atoms with Crippen LogP contribution in [0.2, 0.25) is 0 Å². The highest BCUT2D eigenvalue weighted by Crippen LogP contribution is 2.29. The Hall–Kier alpha value is -3.17. The number of aryl methyl sites for hydroxylation is 1. The smallest absolute Gasteiger partial charge is 0.247 e. The van der Waals surface area contributed by atoms with Gasteiger partial charge in [-0.05, 0) is 31.2 Å². The fourth-order valence-corrected chi connectivity index (χ4v) is 3.23. The summed E-state index contributed by atoms with van der Waals surface area (Å²) in [5.41, 5.74) is 2.61. The van der Waals surface area contributed by atoms with Crippen LogP contribution in [-0.2, 0) is 22.8 Å². The van der Waals surface area contributed by atoms with Gasteiger partial charge in [-0.1, -0.05) is 12.1 Å². The van der Waals surface area contributed by atoms with E-state index in [0.29, 0.717) is 19.0 Å². The summed E-state index contributed by atoms with van der Waals surface area (Å²) in [7, 11) is 1.75. The van der Waals surface area contributed by atoms with Crippen LogP contribution >= 0.6 is 0 Å². The Kier molecular flexibility index (Phi) is 5.59. The number of carbonyl (C=O) groups is 1. The Labute approximate surface area is 168 Å². The average Bonchev–Trinajstić information content (AvgIpc) is 3.34. The van der Waals surface area contributed by atoms with Gasteiger partial charge in [0.15, 0.2) is 0 Å². The number of fused-ring (bicyclic) bond motifs is 1. The van der Waals surface area contributed by atoms with Gasteiger partial charge in [-0.3, -0.25) is 14.8 Å². The van der Waals surface area contributed by atoms with Gasteiger partial charge in [-0.25, -0.2) is 4.68 Å². The number of nitrogens with zero attached hydrogens (tertiary/aromatic N) is 5. The quantitative estimate of drug-likeness (QED) is 0.480. The maximum Gasteiger partial charge on any atom is 0.247 e. The Balaban J connectivity index is 1.28. The third-order valence-electron chi connectivity index (χ3n) is 4.81. The number of likely N-dealkylation sites (N-methyl/N-ethyl adjacent to an activating group) is 1. The molecule has 0 saturated heterocycles. The van der Waals surface area contributed by atoms with Crippen molar-refractivity contribution in [1.29, 1.82) is 0 Å². The summed E-state index contributed by atoms with van der Waals surface area (Å²) in [6.45, 7) is 3.36. The molecule has 1 aliphatic rings. The van der Waals surface area contributed by atoms with Crippen molar-refractivity contribution in [2.24, 2.45) is 0 Å². The number of ether oxygens (including phenoxy) is 2. The molecule has 3 heterocycles. The second kappa shape index (κ2) is 8.46. The van der Waals surface area contributed by atoms with Crippen molar-refractivity contribution < 1.29 is 14.3 Å². The van der Waals surface area contributed by atoms with Gasteiger partial charge in [0.05, 0.1) is 24.7 Å². The van der Waals surface area contributed by atoms with Crippen LogP contribution in [0.3, 0.4) is 0 Å². The minimum Gasteiger partial charge on any atom is -0.489 e. The topological polar surface area (TPSA) is 86.4 Å². The van der Waals surface area contributed by atoms with Gasteiger partial charge in [0.2, 0.25) is 5.91 Å². The Morgan fingerprint density at radius 2 is 2.17 bits per heavy atom. The molecule has 152 valence electrons. The molecule has 0 radical (unpaired) electrons. The van der Waals surface area contributed by atoms with Crippen LogP contribution in [0.5, 0.6) is 5.75 Å². The standard InChI is InChI=1S/C20H24N6O3/c1-15-10-16(23-26(15)14-25-9-5-8-22-25)11-28-13-21-17-12-29-19-7-4-3-6-18(19)24(2)20(17)27/h3-10,17,21H,11-14H2,1-2H3/t17-/m0/s1. The molecule has 0 spiro atoms. The molecular weight excluding hydrogens is 372 g/mol. The molecular formula is C20H24N6O3. The first kappa shape index (κ1) is 19.2. The van der Waals surface area contributed by atoms with Gasteiger partial charge in [0.1, 0.15) is 25.1 Å². The maximum atomic E-state index is 12.7. The second-order valence-electron chi connectivity index (χ2n) is 6.89. The Morgan fingerprint density at radius 1 is 1.31 bits per heavy atom. The molecule has 1 atom stereocenters. The Bertz CT molecular complexity index is 969. The highest BCUT2D eigenvalue weighted by molar-refractivity contribution is 5.98. The first-order chi connectivity index (χ1) is 14.1. The van der Waals surface area contributed by atoms with E-state index in [2.05, 4.69) is 15.5 Å². The Morgan fingerprint density at radius 3 is 3.00 bits per heavy atom. The van der Waals surface area contributed by atoms with Crippen molar-refractivity contribution in [2.75, 3.05) is 25.3 Å². The molecule has 1 aromatic carbocycles. The van der Waals surface area contributed by atoms with Gasteiger partial charge in [0.25, 0.3) is 0 Å². The van der Waals surface area contributed by atoms with E-state index in [1.165, 1.54) is 0 Å². The van der Waals surface area contributed by atoms with Crippen LogP contribution in [0.4, 0.5) is 5.69 Å². The van der Waals surface area contributed by atoms with Crippen LogP contribution in [0.25, 0.3) is 0 Å². The summed E-state index contributed by atoms with van der Waals surface area (Å²) in [5.74, 6) is 0.643. The number of hydrogen-bond acceptors (Lipinski definition) is 6. The second-order valence-corrected chi connectivity index (χ2v) is 6.89. The van der Waals surface area contributed by atoms with E-state index in [9.17, 15) is 4.79 Å². The summed E-state index contributed by atoms with van der Waals surface area (Å²) >= 11 is 0. The molecule has 9 heteroatoms. The van der Waals surface area contributed by atoms with Crippen molar-refractivity contribution in [1.82, 2.24) is 24.9 Å². The monoisotopic (exact) mass is 396 g/mol. The first-order valence-electron chi connectivity index (χ1n) is 9.43. The fourth-order valence-electron chi connectivity index (χ4n) is 3.23. The molecule has 3 aromatic rings. The van der Waals surface area contributed by atoms with Crippen molar-refractivity contribution in [3.8, 4) is 5.75 Å². The molecule has 0 unspecified atom stereocenters. The molecule has 1 amide bonds. The molecule has 1 aliphatic heterocycles. The molecule has 4 rings (SSSR count). The number of amides is 1. The summed E-state index contributed by atoms with van der Waals surface area (Å²) in [5, 5.41) is 11.9. The SMILES string of the molecule is Cc1cc(COCN[C@H]2COc3ccccc3N(C)C2=O)nn1Cn1cccn1. The van der Waals surface area contributed by atoms with Crippen molar-refractivity contribution in [3.63, 3.8) is 0 Å². The minimum absolute atomic E-state index is 0.0575. The van der Waals surface area contributed by atoms with Gasteiger partial charge in [-0.15, -0.1) is 0 Å². The van der Waals surface area contributed by atoms with E-state index in [-0.39, 0.29) is 19.2 Å². The van der Waals surface area contributed by atoms with E-state index in [0.717, 1.165) is 17.1 Å². The molecule has 0 fully saturated rings. The van der Waals surface area contributed by atoms with Crippen LogP contribution < -0.4 is 15.0 Å². The first-order valence-corrected chi connectivity index (χ1v) is 9.43. The maximum absolute atomic E-state index is 12.7. The highest BCUT2D eigenvalue weighted by Gasteiger charge is 2.28. The van der Waals surface area contributed by atoms with Crippen LogP contribution in [0, 0.1) is 6.92 Å². The molecule has 29 heavy (non-hydrogen) atoms. The number of aromatic nitrogens is 4. The lowest BCUT2D eigenvalue weighted by atomic mass is 10.2. The number of para-hydroxylation sites is 2. The van der Waals surface area contributed by atoms with E-state index >= 15 is 0 Å². The van der Waals surface area contributed by atoms with E-state index in [1.807, 2.05) is 54.2 Å². The zero-order chi connectivity index (χ0) is 20.2. The van der Waals surface area contributed by atoms with Crippen LogP contribution in [0.15, 0.2) is 48.8 Å². The van der Waals surface area contributed by atoms with Crippen molar-refractivity contribution in [3.05, 3.63) is 60.2 Å². The van der Waals surface area contributed by atoms with Crippen LogP contribution in [0.1, 0.15) is 11.4 Å². The lowest BCUT2D eigenvalue weighted by Crippen LogP contribution is -2.47. The number of anilines is 1. The largest absolute Gasteiger partial charge is 0.489 e. The highest BCUT2D eigenvalue weighted by atomic mass is 16.5. The third-order valence-corrected chi connectivity index (χ3v) is 4.81. The molecule has 0 bridgehead atoms. The average molecular weight is 396 g/mol. The molecule has 2 aromatic heterocycles. The number of rotatable bonds is 7. The molecule has 9 nitrogen and oxygen atoms in total. The van der Waals surface area contributed by atoms with Gasteiger partial charge in [0, 0.05) is 25.1 Å². The van der Waals surface area contributed by atoms with Crippen LogP contribution in [-0.4, -0.2) is 51.9 Å². The number of hydrogen-bond donors (Lipinski definition) is 1. The minimum atomic E-state index is -0.480. The molecule has 0 saturated carbocycles. The number of benzene rings is 1. The summed E-state index contributed by atoms with van der Waals surface area (Å²) in [6.07, 6.45) is 3.63. The predicted octanol–water partition coefficient (Wildman–Crippen LogP) is 1.38. The zero-order valence-corrected chi connectivity index (χ0v) is 16.5. The normalized spacial score (nSPS) is 16.4. The van der Waals surface area contributed by atoms with Gasteiger partial charge < -0.3 is 14.4 Å². The van der Waals surface area contributed by atoms with E-state index in [1.54, 1.807) is 22.8 Å². The number of carbonyl (C=O) groups excluding carboxylic acids is 1. The lowest BCUT2D eigenvalue weighted by molar-refractivity contribution is -0.121. The molecule has 0 aliphatic carbocycles. The number of nitrogens with one attached hydrogen (secondary N) is 1. The van der Waals surface area contributed by atoms with E-state index < -0.39 is 6.04 Å². The lowest BCUT2D eigenvalue weighted by Gasteiger charge is -2.20. The van der Waals surface area contributed by atoms with Crippen molar-refractivity contribution in [2.45, 2.75) is 26.2 Å². The predicted molar refractivity (Wildman–Crippen MR) is 107 cm³/mol. The van der Waals surface area contributed by atoms with Crippen molar-refractivity contribution >= 4 is 11.6 Å².